The Morgan fingerprint density at radius 3 is 2.57 bits per heavy atom. The zero-order valence-electron chi connectivity index (χ0n) is 16.7. The van der Waals surface area contributed by atoms with Crippen LogP contribution in [0.15, 0.2) is 24.3 Å². The molecule has 2 fully saturated rings. The van der Waals surface area contributed by atoms with Crippen molar-refractivity contribution in [1.29, 1.82) is 0 Å². The van der Waals surface area contributed by atoms with Crippen molar-refractivity contribution in [3.8, 4) is 0 Å². The van der Waals surface area contributed by atoms with Gasteiger partial charge in [0.1, 0.15) is 5.82 Å². The molecule has 1 spiro atoms. The highest BCUT2D eigenvalue weighted by Crippen LogP contribution is 2.34. The largest absolute Gasteiger partial charge is 0.383 e. The monoisotopic (exact) mass is 408 g/mol. The zero-order chi connectivity index (χ0) is 20.3. The van der Waals surface area contributed by atoms with Crippen molar-refractivity contribution in [1.82, 2.24) is 15.1 Å². The van der Waals surface area contributed by atoms with Gasteiger partial charge in [0.2, 0.25) is 5.91 Å². The average Bonchev–Trinajstić information content (AvgIpc) is 2.94. The number of carbonyl (C=O) groups is 1. The van der Waals surface area contributed by atoms with Gasteiger partial charge < -0.3 is 19.9 Å². The van der Waals surface area contributed by atoms with E-state index in [2.05, 4.69) is 29.4 Å². The molecule has 0 radical (unpaired) electrons. The molecule has 2 aliphatic rings. The summed E-state index contributed by atoms with van der Waals surface area (Å²) in [6.07, 6.45) is 1.58. The fourth-order valence-corrected chi connectivity index (χ4v) is 4.30. The normalized spacial score (nSPS) is 21.6. The topological polar surface area (TPSA) is 56.8 Å². The van der Waals surface area contributed by atoms with E-state index >= 15 is 0 Å². The summed E-state index contributed by atoms with van der Waals surface area (Å²) in [6, 6.07) is 6.00. The van der Waals surface area contributed by atoms with Gasteiger partial charge in [-0.3, -0.25) is 10.1 Å². The standard InChI is InChI=1S/C20H29FN4O2S/c1-14(2)17-18(26)25(12-13-27-3)20(23-17)8-10-24(11-9-20)19(28)22-16-6-4-15(21)5-7-16/h4-7,14,17,23H,8-13H2,1-3H3,(H,22,28)/t17-/m0/s1. The highest BCUT2D eigenvalue weighted by molar-refractivity contribution is 7.80. The minimum absolute atomic E-state index is 0.160. The fraction of sp³-hybridized carbons (Fsp3) is 0.600. The molecule has 0 aromatic heterocycles. The Kier molecular flexibility index (Phi) is 6.52. The summed E-state index contributed by atoms with van der Waals surface area (Å²) in [6.45, 7) is 6.72. The molecule has 28 heavy (non-hydrogen) atoms. The molecule has 2 aliphatic heterocycles. The molecule has 2 N–H and O–H groups in total. The molecule has 0 unspecified atom stereocenters. The van der Waals surface area contributed by atoms with Gasteiger partial charge in [0.05, 0.1) is 18.3 Å². The molecule has 6 nitrogen and oxygen atoms in total. The first-order chi connectivity index (χ1) is 13.4. The number of methoxy groups -OCH3 is 1. The molecule has 1 aromatic rings. The Hall–Kier alpha value is -1.77. The van der Waals surface area contributed by atoms with Gasteiger partial charge in [0, 0.05) is 45.3 Å². The number of ether oxygens (including phenoxy) is 1. The van der Waals surface area contributed by atoms with Crippen LogP contribution in [0, 0.1) is 11.7 Å². The number of halogens is 1. The van der Waals surface area contributed by atoms with Crippen molar-refractivity contribution in [2.24, 2.45) is 5.92 Å². The molecule has 2 saturated heterocycles. The molecule has 0 bridgehead atoms. The minimum atomic E-state index is -0.341. The highest BCUT2D eigenvalue weighted by atomic mass is 32.1. The third-order valence-electron chi connectivity index (χ3n) is 5.63. The van der Waals surface area contributed by atoms with Crippen LogP contribution in [-0.4, -0.2) is 65.9 Å². The minimum Gasteiger partial charge on any atom is -0.383 e. The number of anilines is 1. The molecular weight excluding hydrogens is 379 g/mol. The van der Waals surface area contributed by atoms with Crippen LogP contribution in [0.4, 0.5) is 10.1 Å². The van der Waals surface area contributed by atoms with Gasteiger partial charge in [0.15, 0.2) is 5.11 Å². The Bertz CT molecular complexity index is 705. The van der Waals surface area contributed by atoms with Gasteiger partial charge in [-0.05, 0) is 42.4 Å². The van der Waals surface area contributed by atoms with E-state index in [1.54, 1.807) is 19.2 Å². The number of benzene rings is 1. The molecule has 154 valence electrons. The molecular formula is C20H29FN4O2S. The number of nitrogens with zero attached hydrogens (tertiary/aromatic N) is 2. The summed E-state index contributed by atoms with van der Waals surface area (Å²) in [4.78, 5) is 17.0. The van der Waals surface area contributed by atoms with Crippen LogP contribution in [-0.2, 0) is 9.53 Å². The first-order valence-corrected chi connectivity index (χ1v) is 10.2. The number of likely N-dealkylation sites (tertiary alicyclic amines) is 1. The second-order valence-electron chi connectivity index (χ2n) is 7.80. The van der Waals surface area contributed by atoms with Crippen molar-refractivity contribution < 1.29 is 13.9 Å². The quantitative estimate of drug-likeness (QED) is 0.730. The lowest BCUT2D eigenvalue weighted by Gasteiger charge is -2.45. The number of hydrogen-bond acceptors (Lipinski definition) is 4. The third-order valence-corrected chi connectivity index (χ3v) is 5.99. The van der Waals surface area contributed by atoms with E-state index in [0.717, 1.165) is 31.6 Å². The lowest BCUT2D eigenvalue weighted by Crippen LogP contribution is -2.60. The summed E-state index contributed by atoms with van der Waals surface area (Å²) in [5.74, 6) is 0.118. The van der Waals surface area contributed by atoms with E-state index in [4.69, 9.17) is 17.0 Å². The molecule has 1 atom stereocenters. The SMILES string of the molecule is COCCN1C(=O)[C@H](C(C)C)NC12CCN(C(=S)Nc1ccc(F)cc1)CC2. The number of thiocarbonyl (C=S) groups is 1. The summed E-state index contributed by atoms with van der Waals surface area (Å²) >= 11 is 5.54. The second kappa shape index (κ2) is 8.71. The van der Waals surface area contributed by atoms with Gasteiger partial charge in [-0.25, -0.2) is 4.39 Å². The van der Waals surface area contributed by atoms with E-state index in [-0.39, 0.29) is 29.3 Å². The molecule has 0 aliphatic carbocycles. The van der Waals surface area contributed by atoms with Crippen molar-refractivity contribution in [3.05, 3.63) is 30.1 Å². The van der Waals surface area contributed by atoms with E-state index < -0.39 is 0 Å². The van der Waals surface area contributed by atoms with Crippen LogP contribution in [0.3, 0.4) is 0 Å². The lowest BCUT2D eigenvalue weighted by molar-refractivity contribution is -0.134. The van der Waals surface area contributed by atoms with Crippen LogP contribution in [0.1, 0.15) is 26.7 Å². The summed E-state index contributed by atoms with van der Waals surface area (Å²) in [5.41, 5.74) is 0.425. The summed E-state index contributed by atoms with van der Waals surface area (Å²) in [7, 11) is 1.66. The predicted molar refractivity (Wildman–Crippen MR) is 112 cm³/mol. The predicted octanol–water partition coefficient (Wildman–Crippen LogP) is 2.42. The Morgan fingerprint density at radius 1 is 1.36 bits per heavy atom. The Labute approximate surface area is 171 Å². The first kappa shape index (κ1) is 21.0. The van der Waals surface area contributed by atoms with Crippen LogP contribution < -0.4 is 10.6 Å². The first-order valence-electron chi connectivity index (χ1n) is 9.76. The van der Waals surface area contributed by atoms with Crippen LogP contribution in [0.2, 0.25) is 0 Å². The van der Waals surface area contributed by atoms with Crippen LogP contribution in [0.25, 0.3) is 0 Å². The van der Waals surface area contributed by atoms with Crippen molar-refractivity contribution in [2.45, 2.75) is 38.4 Å². The number of amides is 1. The summed E-state index contributed by atoms with van der Waals surface area (Å²) in [5, 5.41) is 7.41. The maximum atomic E-state index is 13.1. The maximum Gasteiger partial charge on any atom is 0.241 e. The Balaban J connectivity index is 1.65. The van der Waals surface area contributed by atoms with E-state index in [9.17, 15) is 9.18 Å². The van der Waals surface area contributed by atoms with Crippen LogP contribution >= 0.6 is 12.2 Å². The number of piperidine rings is 1. The second-order valence-corrected chi connectivity index (χ2v) is 8.19. The molecule has 0 saturated carbocycles. The van der Waals surface area contributed by atoms with Gasteiger partial charge in [0.25, 0.3) is 0 Å². The van der Waals surface area contributed by atoms with E-state index in [1.807, 2.05) is 4.90 Å². The number of nitrogens with one attached hydrogen (secondary N) is 2. The zero-order valence-corrected chi connectivity index (χ0v) is 17.5. The molecule has 3 rings (SSSR count). The number of carbonyl (C=O) groups excluding carboxylic acids is 1. The van der Waals surface area contributed by atoms with E-state index in [1.165, 1.54) is 12.1 Å². The average molecular weight is 409 g/mol. The van der Waals surface area contributed by atoms with Gasteiger partial charge >= 0.3 is 0 Å². The maximum absolute atomic E-state index is 13.1. The number of rotatable bonds is 5. The number of hydrogen-bond donors (Lipinski definition) is 2. The van der Waals surface area contributed by atoms with E-state index in [0.29, 0.717) is 18.3 Å². The summed E-state index contributed by atoms with van der Waals surface area (Å²) < 4.78 is 18.3. The molecule has 1 amide bonds. The fourth-order valence-electron chi connectivity index (χ4n) is 4.00. The smallest absolute Gasteiger partial charge is 0.241 e. The van der Waals surface area contributed by atoms with Crippen molar-refractivity contribution >= 4 is 28.9 Å². The van der Waals surface area contributed by atoms with Crippen molar-refractivity contribution in [3.63, 3.8) is 0 Å². The molecule has 1 aromatic carbocycles. The molecule has 2 heterocycles. The van der Waals surface area contributed by atoms with Gasteiger partial charge in [-0.15, -0.1) is 0 Å². The Morgan fingerprint density at radius 2 is 2.00 bits per heavy atom. The molecule has 8 heteroatoms. The highest BCUT2D eigenvalue weighted by Gasteiger charge is 2.52. The third kappa shape index (κ3) is 4.29. The lowest BCUT2D eigenvalue weighted by atomic mass is 9.96. The van der Waals surface area contributed by atoms with Gasteiger partial charge in [-0.1, -0.05) is 13.8 Å². The van der Waals surface area contributed by atoms with Crippen molar-refractivity contribution in [2.75, 3.05) is 38.7 Å². The van der Waals surface area contributed by atoms with Gasteiger partial charge in [-0.2, -0.15) is 0 Å². The van der Waals surface area contributed by atoms with Crippen LogP contribution in [0.5, 0.6) is 0 Å².